The van der Waals surface area contributed by atoms with Crippen LogP contribution in [0.1, 0.15) is 39.5 Å². The molecule has 1 saturated heterocycles. The Morgan fingerprint density at radius 3 is 2.43 bits per heavy atom. The minimum absolute atomic E-state index is 0.000350. The number of nitrogens with zero attached hydrogens (tertiary/aromatic N) is 2. The quantitative estimate of drug-likeness (QED) is 0.609. The van der Waals surface area contributed by atoms with E-state index in [4.69, 9.17) is 9.15 Å². The molecule has 0 saturated carbocycles. The lowest BCUT2D eigenvalue weighted by Gasteiger charge is -2.22. The van der Waals surface area contributed by atoms with Gasteiger partial charge in [-0.2, -0.15) is 0 Å². The van der Waals surface area contributed by atoms with E-state index in [1.165, 1.54) is 45.5 Å². The molecule has 1 aliphatic rings. The van der Waals surface area contributed by atoms with E-state index < -0.39 is 22.0 Å². The van der Waals surface area contributed by atoms with Crippen LogP contribution in [0.3, 0.4) is 0 Å². The Balaban J connectivity index is 1.86. The molecule has 0 amide bonds. The SMILES string of the molecule is COC(=O)c1ccc(COC(=O)c2cc(S(=O)(=O)N(C)C)ccc2N2CCCC2)o1. The molecule has 0 unspecified atom stereocenters. The van der Waals surface area contributed by atoms with Crippen molar-refractivity contribution in [1.29, 1.82) is 0 Å². The average Bonchev–Trinajstić information content (AvgIpc) is 3.43. The molecule has 0 N–H and O–H groups in total. The lowest BCUT2D eigenvalue weighted by Crippen LogP contribution is -2.24. The summed E-state index contributed by atoms with van der Waals surface area (Å²) in [4.78, 5) is 26.4. The normalized spacial score (nSPS) is 14.2. The minimum atomic E-state index is -3.71. The van der Waals surface area contributed by atoms with Crippen LogP contribution in [-0.4, -0.2) is 59.0 Å². The van der Waals surface area contributed by atoms with Gasteiger partial charge in [-0.3, -0.25) is 0 Å². The lowest BCUT2D eigenvalue weighted by atomic mass is 10.1. The minimum Gasteiger partial charge on any atom is -0.463 e. The highest BCUT2D eigenvalue weighted by atomic mass is 32.2. The average molecular weight is 436 g/mol. The Hall–Kier alpha value is -2.85. The third-order valence-corrected chi connectivity index (χ3v) is 6.62. The molecule has 1 aromatic heterocycles. The zero-order chi connectivity index (χ0) is 21.9. The Labute approximate surface area is 175 Å². The highest BCUT2D eigenvalue weighted by Crippen LogP contribution is 2.29. The topological polar surface area (TPSA) is 106 Å². The summed E-state index contributed by atoms with van der Waals surface area (Å²) in [6.45, 7) is 1.35. The number of carbonyl (C=O) groups excluding carboxylic acids is 2. The Bertz CT molecular complexity index is 1040. The van der Waals surface area contributed by atoms with Crippen molar-refractivity contribution in [1.82, 2.24) is 4.31 Å². The molecule has 162 valence electrons. The summed E-state index contributed by atoms with van der Waals surface area (Å²) in [6, 6.07) is 7.41. The van der Waals surface area contributed by atoms with Gasteiger partial charge in [0.05, 0.1) is 23.3 Å². The van der Waals surface area contributed by atoms with Crippen LogP contribution in [0.4, 0.5) is 5.69 Å². The molecule has 0 bridgehead atoms. The van der Waals surface area contributed by atoms with E-state index in [0.717, 1.165) is 30.2 Å². The van der Waals surface area contributed by atoms with Crippen molar-refractivity contribution in [2.24, 2.45) is 0 Å². The van der Waals surface area contributed by atoms with Crippen LogP contribution in [0, 0.1) is 0 Å². The van der Waals surface area contributed by atoms with Crippen molar-refractivity contribution in [3.8, 4) is 0 Å². The third kappa shape index (κ3) is 4.49. The van der Waals surface area contributed by atoms with E-state index >= 15 is 0 Å². The van der Waals surface area contributed by atoms with Crippen LogP contribution >= 0.6 is 0 Å². The van der Waals surface area contributed by atoms with Gasteiger partial charge < -0.3 is 18.8 Å². The highest BCUT2D eigenvalue weighted by molar-refractivity contribution is 7.89. The molecule has 30 heavy (non-hydrogen) atoms. The summed E-state index contributed by atoms with van der Waals surface area (Å²) >= 11 is 0. The number of benzene rings is 1. The molecule has 0 spiro atoms. The fourth-order valence-corrected chi connectivity index (χ4v) is 4.09. The van der Waals surface area contributed by atoms with Gasteiger partial charge in [0.25, 0.3) is 0 Å². The molecule has 0 atom stereocenters. The van der Waals surface area contributed by atoms with Crippen LogP contribution in [0.5, 0.6) is 0 Å². The first-order valence-corrected chi connectivity index (χ1v) is 10.8. The Kier molecular flexibility index (Phi) is 6.47. The summed E-state index contributed by atoms with van der Waals surface area (Å²) in [5.74, 6) is -1.04. The third-order valence-electron chi connectivity index (χ3n) is 4.81. The largest absolute Gasteiger partial charge is 0.463 e. The predicted molar refractivity (Wildman–Crippen MR) is 108 cm³/mol. The molecule has 1 aromatic carbocycles. The molecule has 0 radical (unpaired) electrons. The monoisotopic (exact) mass is 436 g/mol. The van der Waals surface area contributed by atoms with Gasteiger partial charge in [-0.05, 0) is 43.2 Å². The van der Waals surface area contributed by atoms with E-state index in [9.17, 15) is 18.0 Å². The number of carbonyl (C=O) groups is 2. The van der Waals surface area contributed by atoms with Crippen molar-refractivity contribution in [3.05, 3.63) is 47.4 Å². The molecule has 2 heterocycles. The van der Waals surface area contributed by atoms with Gasteiger partial charge in [-0.15, -0.1) is 0 Å². The number of hydrogen-bond acceptors (Lipinski definition) is 8. The Morgan fingerprint density at radius 2 is 1.80 bits per heavy atom. The second-order valence-corrected chi connectivity index (χ2v) is 9.15. The molecule has 1 aliphatic heterocycles. The van der Waals surface area contributed by atoms with Gasteiger partial charge in [-0.1, -0.05) is 0 Å². The summed E-state index contributed by atoms with van der Waals surface area (Å²) < 4.78 is 41.3. The van der Waals surface area contributed by atoms with Gasteiger partial charge in [0.15, 0.2) is 0 Å². The van der Waals surface area contributed by atoms with Gasteiger partial charge in [0, 0.05) is 27.2 Å². The molecular formula is C20H24N2O7S. The predicted octanol–water partition coefficient (Wildman–Crippen LogP) is 2.27. The summed E-state index contributed by atoms with van der Waals surface area (Å²) in [5, 5.41) is 0. The molecule has 3 rings (SSSR count). The van der Waals surface area contributed by atoms with E-state index in [1.807, 2.05) is 4.90 Å². The van der Waals surface area contributed by atoms with Crippen molar-refractivity contribution in [2.45, 2.75) is 24.3 Å². The molecule has 0 aliphatic carbocycles. The number of ether oxygens (including phenoxy) is 2. The van der Waals surface area contributed by atoms with Crippen molar-refractivity contribution < 1.29 is 31.9 Å². The number of rotatable bonds is 7. The summed E-state index contributed by atoms with van der Waals surface area (Å²) in [7, 11) is 0.379. The first-order valence-electron chi connectivity index (χ1n) is 9.39. The summed E-state index contributed by atoms with van der Waals surface area (Å²) in [6.07, 6.45) is 1.99. The first kappa shape index (κ1) is 21.8. The molecule has 1 fully saturated rings. The number of methoxy groups -OCH3 is 1. The van der Waals surface area contributed by atoms with Gasteiger partial charge in [0.2, 0.25) is 15.8 Å². The summed E-state index contributed by atoms with van der Waals surface area (Å²) in [5.41, 5.74) is 0.796. The van der Waals surface area contributed by atoms with Crippen LogP contribution in [-0.2, 0) is 26.1 Å². The molecule has 9 nitrogen and oxygen atoms in total. The van der Waals surface area contributed by atoms with Crippen molar-refractivity contribution in [3.63, 3.8) is 0 Å². The van der Waals surface area contributed by atoms with Gasteiger partial charge in [-0.25, -0.2) is 22.3 Å². The van der Waals surface area contributed by atoms with E-state index in [0.29, 0.717) is 5.69 Å². The van der Waals surface area contributed by atoms with Crippen LogP contribution in [0.15, 0.2) is 39.6 Å². The van der Waals surface area contributed by atoms with Gasteiger partial charge >= 0.3 is 11.9 Å². The van der Waals surface area contributed by atoms with Gasteiger partial charge in [0.1, 0.15) is 12.4 Å². The fourth-order valence-electron chi connectivity index (χ4n) is 3.16. The molecule has 2 aromatic rings. The van der Waals surface area contributed by atoms with Crippen molar-refractivity contribution >= 4 is 27.6 Å². The standard InChI is InChI=1S/C20H24N2O7S/c1-21(2)30(25,26)15-7-8-17(22-10-4-5-11-22)16(12-15)19(23)28-13-14-6-9-18(29-14)20(24)27-3/h6-9,12H,4-5,10-11,13H2,1-3H3. The van der Waals surface area contributed by atoms with Crippen molar-refractivity contribution in [2.75, 3.05) is 39.2 Å². The zero-order valence-electron chi connectivity index (χ0n) is 17.1. The number of hydrogen-bond donors (Lipinski definition) is 0. The first-order chi connectivity index (χ1) is 14.2. The van der Waals surface area contributed by atoms with E-state index in [2.05, 4.69) is 4.74 Å². The molecule has 10 heteroatoms. The maximum absolute atomic E-state index is 12.9. The molecular weight excluding hydrogens is 412 g/mol. The van der Waals surface area contributed by atoms with E-state index in [1.54, 1.807) is 6.07 Å². The maximum Gasteiger partial charge on any atom is 0.373 e. The van der Waals surface area contributed by atoms with Crippen LogP contribution in [0.2, 0.25) is 0 Å². The lowest BCUT2D eigenvalue weighted by molar-refractivity contribution is 0.0439. The highest BCUT2D eigenvalue weighted by Gasteiger charge is 2.25. The van der Waals surface area contributed by atoms with Crippen LogP contribution in [0.25, 0.3) is 0 Å². The fraction of sp³-hybridized carbons (Fsp3) is 0.400. The van der Waals surface area contributed by atoms with E-state index in [-0.39, 0.29) is 28.6 Å². The Morgan fingerprint density at radius 1 is 1.10 bits per heavy atom. The smallest absolute Gasteiger partial charge is 0.373 e. The number of esters is 2. The second kappa shape index (κ2) is 8.88. The number of sulfonamides is 1. The number of furan rings is 1. The number of anilines is 1. The van der Waals surface area contributed by atoms with Crippen LogP contribution < -0.4 is 4.90 Å². The second-order valence-electron chi connectivity index (χ2n) is 6.99. The maximum atomic E-state index is 12.9. The zero-order valence-corrected chi connectivity index (χ0v) is 17.9.